The maximum absolute atomic E-state index is 12.8. The van der Waals surface area contributed by atoms with E-state index in [1.165, 1.54) is 0 Å². The van der Waals surface area contributed by atoms with Gasteiger partial charge >= 0.3 is 6.09 Å². The molecule has 7 nitrogen and oxygen atoms in total. The second-order valence-electron chi connectivity index (χ2n) is 9.25. The standard InChI is InChI=1S/C24H31N3O4/c1-17-15-21(28)27(20-16-18(30-6)7-8-19(17)20)14-11-24(25-5)9-12-26(13-10-24)22(29)31-23(2,3)4/h7-8,15-16H,9-14H2,1-4,6H3. The Kier molecular flexibility index (Phi) is 6.30. The molecule has 0 spiro atoms. The first-order chi connectivity index (χ1) is 14.6. The molecule has 0 atom stereocenters. The van der Waals surface area contributed by atoms with E-state index in [9.17, 15) is 9.59 Å². The van der Waals surface area contributed by atoms with E-state index in [1.54, 1.807) is 22.6 Å². The summed E-state index contributed by atoms with van der Waals surface area (Å²) in [5.74, 6) is 0.691. The summed E-state index contributed by atoms with van der Waals surface area (Å²) in [6.45, 7) is 16.7. The van der Waals surface area contributed by atoms with Crippen molar-refractivity contribution in [3.63, 3.8) is 0 Å². The van der Waals surface area contributed by atoms with Gasteiger partial charge in [0.2, 0.25) is 5.54 Å². The van der Waals surface area contributed by atoms with Gasteiger partial charge in [-0.05, 0) is 45.4 Å². The number of carbonyl (C=O) groups is 1. The van der Waals surface area contributed by atoms with E-state index in [4.69, 9.17) is 16.0 Å². The van der Waals surface area contributed by atoms with E-state index in [2.05, 4.69) is 4.85 Å². The molecule has 0 saturated carbocycles. The fourth-order valence-corrected chi connectivity index (χ4v) is 4.06. The summed E-state index contributed by atoms with van der Waals surface area (Å²) in [7, 11) is 1.60. The zero-order valence-electron chi connectivity index (χ0n) is 19.0. The van der Waals surface area contributed by atoms with E-state index in [-0.39, 0.29) is 11.7 Å². The van der Waals surface area contributed by atoms with Crippen molar-refractivity contribution in [2.45, 2.75) is 64.6 Å². The first-order valence-electron chi connectivity index (χ1n) is 10.6. The van der Waals surface area contributed by atoms with Gasteiger partial charge in [0.05, 0.1) is 12.6 Å². The minimum absolute atomic E-state index is 0.0791. The number of pyridine rings is 1. The van der Waals surface area contributed by atoms with Crippen LogP contribution in [0.1, 0.15) is 45.6 Å². The number of hydrogen-bond acceptors (Lipinski definition) is 4. The summed E-state index contributed by atoms with van der Waals surface area (Å²) in [6.07, 6.45) is 1.35. The number of piperidine rings is 1. The third-order valence-corrected chi connectivity index (χ3v) is 5.91. The fraction of sp³-hybridized carbons (Fsp3) is 0.542. The largest absolute Gasteiger partial charge is 0.497 e. The Labute approximate surface area is 183 Å². The van der Waals surface area contributed by atoms with E-state index in [0.29, 0.717) is 44.6 Å². The Bertz CT molecular complexity index is 1070. The average Bonchev–Trinajstić information content (AvgIpc) is 2.72. The summed E-state index contributed by atoms with van der Waals surface area (Å²) in [5, 5.41) is 0.997. The van der Waals surface area contributed by atoms with Crippen LogP contribution in [0.15, 0.2) is 29.1 Å². The van der Waals surface area contributed by atoms with Crippen molar-refractivity contribution in [2.24, 2.45) is 0 Å². The number of ether oxygens (including phenoxy) is 2. The molecule has 31 heavy (non-hydrogen) atoms. The number of hydrogen-bond donors (Lipinski definition) is 0. The topological polar surface area (TPSA) is 65.1 Å². The maximum atomic E-state index is 12.8. The number of aromatic nitrogens is 1. The number of benzene rings is 1. The summed E-state index contributed by atoms with van der Waals surface area (Å²) in [4.78, 5) is 30.7. The monoisotopic (exact) mass is 425 g/mol. The number of fused-ring (bicyclic) bond motifs is 1. The number of amides is 1. The lowest BCUT2D eigenvalue weighted by molar-refractivity contribution is 0.0179. The van der Waals surface area contributed by atoms with Gasteiger partial charge in [0.15, 0.2) is 0 Å². The van der Waals surface area contributed by atoms with Crippen LogP contribution >= 0.6 is 0 Å². The Morgan fingerprint density at radius 3 is 2.48 bits per heavy atom. The highest BCUT2D eigenvalue weighted by atomic mass is 16.6. The van der Waals surface area contributed by atoms with Crippen LogP contribution in [0.3, 0.4) is 0 Å². The Hall–Kier alpha value is -3.01. The molecule has 7 heteroatoms. The zero-order chi connectivity index (χ0) is 22.8. The highest BCUT2D eigenvalue weighted by Gasteiger charge is 2.42. The van der Waals surface area contributed by atoms with Crippen LogP contribution in [0.5, 0.6) is 5.75 Å². The van der Waals surface area contributed by atoms with Crippen molar-refractivity contribution in [1.82, 2.24) is 9.47 Å². The van der Waals surface area contributed by atoms with Crippen LogP contribution in [-0.2, 0) is 11.3 Å². The van der Waals surface area contributed by atoms with Crippen LogP contribution in [0.2, 0.25) is 0 Å². The van der Waals surface area contributed by atoms with Crippen LogP contribution in [0.4, 0.5) is 4.79 Å². The third kappa shape index (κ3) is 5.01. The van der Waals surface area contributed by atoms with Gasteiger partial charge in [0, 0.05) is 56.4 Å². The van der Waals surface area contributed by atoms with Crippen LogP contribution in [-0.4, -0.2) is 46.9 Å². The molecule has 0 radical (unpaired) electrons. The minimum atomic E-state index is -0.589. The van der Waals surface area contributed by atoms with E-state index in [1.807, 2.05) is 45.9 Å². The molecule has 1 aliphatic rings. The Morgan fingerprint density at radius 2 is 1.90 bits per heavy atom. The Morgan fingerprint density at radius 1 is 1.23 bits per heavy atom. The number of likely N-dealkylation sites (tertiary alicyclic amines) is 1. The number of methoxy groups -OCH3 is 1. The molecular formula is C24H31N3O4. The molecule has 1 amide bonds. The number of aryl methyl sites for hydroxylation is 2. The van der Waals surface area contributed by atoms with Gasteiger partial charge in [-0.2, -0.15) is 0 Å². The van der Waals surface area contributed by atoms with Crippen molar-refractivity contribution in [1.29, 1.82) is 0 Å². The second kappa shape index (κ2) is 8.62. The first-order valence-corrected chi connectivity index (χ1v) is 10.6. The van der Waals surface area contributed by atoms with Crippen molar-refractivity contribution in [3.8, 4) is 5.75 Å². The van der Waals surface area contributed by atoms with Crippen LogP contribution < -0.4 is 10.3 Å². The normalized spacial score (nSPS) is 16.1. The molecule has 0 aliphatic carbocycles. The first kappa shape index (κ1) is 22.7. The molecule has 0 N–H and O–H groups in total. The number of nitrogens with zero attached hydrogens (tertiary/aromatic N) is 3. The van der Waals surface area contributed by atoms with E-state index < -0.39 is 11.1 Å². The minimum Gasteiger partial charge on any atom is -0.497 e. The molecule has 0 bridgehead atoms. The van der Waals surface area contributed by atoms with Crippen molar-refractivity contribution >= 4 is 17.0 Å². The van der Waals surface area contributed by atoms with Crippen molar-refractivity contribution in [3.05, 3.63) is 51.6 Å². The third-order valence-electron chi connectivity index (χ3n) is 5.91. The molecule has 166 valence electrons. The smallest absolute Gasteiger partial charge is 0.410 e. The Balaban J connectivity index is 1.78. The lowest BCUT2D eigenvalue weighted by Crippen LogP contribution is -2.47. The van der Waals surface area contributed by atoms with Crippen molar-refractivity contribution in [2.75, 3.05) is 20.2 Å². The molecule has 3 rings (SSSR count). The summed E-state index contributed by atoms with van der Waals surface area (Å²) >= 11 is 0. The highest BCUT2D eigenvalue weighted by molar-refractivity contribution is 5.83. The summed E-state index contributed by atoms with van der Waals surface area (Å²) in [5.41, 5.74) is 0.526. The van der Waals surface area contributed by atoms with Gasteiger partial charge in [-0.25, -0.2) is 11.4 Å². The summed E-state index contributed by atoms with van der Waals surface area (Å²) in [6, 6.07) is 7.37. The second-order valence-corrected chi connectivity index (χ2v) is 9.25. The molecule has 1 aliphatic heterocycles. The molecule has 1 saturated heterocycles. The average molecular weight is 426 g/mol. The lowest BCUT2D eigenvalue weighted by Gasteiger charge is -2.35. The van der Waals surface area contributed by atoms with E-state index in [0.717, 1.165) is 16.5 Å². The molecular weight excluding hydrogens is 394 g/mol. The van der Waals surface area contributed by atoms with Crippen molar-refractivity contribution < 1.29 is 14.3 Å². The van der Waals surface area contributed by atoms with Gasteiger partial charge < -0.3 is 23.8 Å². The molecule has 0 unspecified atom stereocenters. The quantitative estimate of drug-likeness (QED) is 0.681. The molecule has 1 aromatic heterocycles. The fourth-order valence-electron chi connectivity index (χ4n) is 4.06. The van der Waals surface area contributed by atoms with Gasteiger partial charge in [-0.15, -0.1) is 0 Å². The van der Waals surface area contributed by atoms with Gasteiger partial charge in [0.25, 0.3) is 5.56 Å². The summed E-state index contributed by atoms with van der Waals surface area (Å²) < 4.78 is 12.5. The molecule has 1 fully saturated rings. The predicted octanol–water partition coefficient (Wildman–Crippen LogP) is 4.40. The number of rotatable bonds is 4. The van der Waals surface area contributed by atoms with Gasteiger partial charge in [0.1, 0.15) is 11.4 Å². The number of carbonyl (C=O) groups excluding carboxylic acids is 1. The highest BCUT2D eigenvalue weighted by Crippen LogP contribution is 2.32. The molecule has 2 heterocycles. The SMILES string of the molecule is [C-]#[N+]C1(CCn2c(=O)cc(C)c3ccc(OC)cc32)CCN(C(=O)OC(C)(C)C)CC1. The molecule has 1 aromatic carbocycles. The van der Waals surface area contributed by atoms with Crippen LogP contribution in [0, 0.1) is 13.5 Å². The predicted molar refractivity (Wildman–Crippen MR) is 120 cm³/mol. The van der Waals surface area contributed by atoms with Crippen LogP contribution in [0.25, 0.3) is 15.7 Å². The lowest BCUT2D eigenvalue weighted by atomic mass is 9.85. The maximum Gasteiger partial charge on any atom is 0.410 e. The van der Waals surface area contributed by atoms with E-state index >= 15 is 0 Å². The van der Waals surface area contributed by atoms with Gasteiger partial charge in [-0.3, -0.25) is 4.79 Å². The van der Waals surface area contributed by atoms with Gasteiger partial charge in [-0.1, -0.05) is 0 Å². The zero-order valence-corrected chi connectivity index (χ0v) is 19.0. The molecule has 2 aromatic rings.